The van der Waals surface area contributed by atoms with Crippen LogP contribution in [0.1, 0.15) is 24.3 Å². The van der Waals surface area contributed by atoms with E-state index in [-0.39, 0.29) is 24.8 Å². The average molecular weight is 345 g/mol. The molecule has 0 saturated carbocycles. The van der Waals surface area contributed by atoms with E-state index >= 15 is 0 Å². The lowest BCUT2D eigenvalue weighted by molar-refractivity contribution is 0.313. The van der Waals surface area contributed by atoms with Gasteiger partial charge in [-0.15, -0.1) is 24.8 Å². The van der Waals surface area contributed by atoms with Gasteiger partial charge in [0.05, 0.1) is 0 Å². The van der Waals surface area contributed by atoms with Crippen molar-refractivity contribution in [2.24, 2.45) is 11.7 Å². The summed E-state index contributed by atoms with van der Waals surface area (Å²) in [5.41, 5.74) is 7.67. The van der Waals surface area contributed by atoms with E-state index in [0.717, 1.165) is 36.5 Å². The normalized spacial score (nSPS) is 15.0. The maximum atomic E-state index is 5.59. The van der Waals surface area contributed by atoms with E-state index < -0.39 is 0 Å². The number of nitrogens with zero attached hydrogens (tertiary/aromatic N) is 2. The number of aromatic nitrogens is 2. The van der Waals surface area contributed by atoms with Gasteiger partial charge in [-0.25, -0.2) is 0 Å². The van der Waals surface area contributed by atoms with Crippen molar-refractivity contribution >= 4 is 24.8 Å². The molecule has 5 nitrogen and oxygen atoms in total. The topological polar surface area (TPSA) is 77.0 Å². The molecule has 0 bridgehead atoms. The quantitative estimate of drug-likeness (QED) is 0.891. The van der Waals surface area contributed by atoms with Crippen LogP contribution in [0.15, 0.2) is 28.8 Å². The largest absolute Gasteiger partial charge is 0.339 e. The number of benzene rings is 1. The van der Waals surface area contributed by atoms with Crippen LogP contribution in [0, 0.1) is 5.92 Å². The lowest BCUT2D eigenvalue weighted by Gasteiger charge is -2.20. The maximum absolute atomic E-state index is 5.59. The molecule has 3 N–H and O–H groups in total. The molecule has 0 radical (unpaired) electrons. The zero-order valence-corrected chi connectivity index (χ0v) is 14.0. The van der Waals surface area contributed by atoms with Crippen LogP contribution < -0.4 is 11.1 Å². The summed E-state index contributed by atoms with van der Waals surface area (Å²) >= 11 is 0. The second-order valence-corrected chi connectivity index (χ2v) is 5.31. The van der Waals surface area contributed by atoms with E-state index in [1.807, 2.05) is 24.3 Å². The molecule has 1 saturated heterocycles. The van der Waals surface area contributed by atoms with Gasteiger partial charge in [-0.1, -0.05) is 29.4 Å². The van der Waals surface area contributed by atoms with E-state index in [4.69, 9.17) is 10.3 Å². The zero-order valence-electron chi connectivity index (χ0n) is 12.3. The molecular weight excluding hydrogens is 323 g/mol. The predicted molar refractivity (Wildman–Crippen MR) is 91.4 cm³/mol. The second-order valence-electron chi connectivity index (χ2n) is 5.31. The minimum Gasteiger partial charge on any atom is -0.339 e. The van der Waals surface area contributed by atoms with Gasteiger partial charge in [0.1, 0.15) is 0 Å². The molecule has 2 aromatic rings. The van der Waals surface area contributed by atoms with E-state index in [1.165, 1.54) is 12.8 Å². The summed E-state index contributed by atoms with van der Waals surface area (Å²) in [7, 11) is 0. The van der Waals surface area contributed by atoms with Crippen LogP contribution in [0.4, 0.5) is 0 Å². The van der Waals surface area contributed by atoms with Gasteiger partial charge in [0, 0.05) is 18.5 Å². The van der Waals surface area contributed by atoms with Gasteiger partial charge < -0.3 is 15.6 Å². The molecular formula is C15H22Cl2N4O. The highest BCUT2D eigenvalue weighted by Crippen LogP contribution is 2.20. The van der Waals surface area contributed by atoms with Crippen LogP contribution in [0.5, 0.6) is 0 Å². The molecule has 2 heterocycles. The monoisotopic (exact) mass is 344 g/mol. The lowest BCUT2D eigenvalue weighted by atomic mass is 9.95. The standard InChI is InChI=1S/C15H20N4O.2ClH/c16-10-12-1-3-13(4-2-12)15-18-14(20-19-15)9-11-5-7-17-8-6-11;;/h1-4,11,17H,5-10,16H2;2*1H. The summed E-state index contributed by atoms with van der Waals surface area (Å²) in [4.78, 5) is 4.50. The molecule has 1 aliphatic rings. The first kappa shape index (κ1) is 18.9. The number of nitrogens with two attached hydrogens (primary N) is 1. The van der Waals surface area contributed by atoms with Crippen molar-refractivity contribution in [1.82, 2.24) is 15.5 Å². The van der Waals surface area contributed by atoms with E-state index in [2.05, 4.69) is 15.5 Å². The smallest absolute Gasteiger partial charge is 0.227 e. The van der Waals surface area contributed by atoms with Gasteiger partial charge in [-0.05, 0) is 37.4 Å². The maximum Gasteiger partial charge on any atom is 0.227 e. The number of hydrogen-bond donors (Lipinski definition) is 2. The minimum absolute atomic E-state index is 0. The molecule has 122 valence electrons. The summed E-state index contributed by atoms with van der Waals surface area (Å²) in [6.07, 6.45) is 3.25. The van der Waals surface area contributed by atoms with Crippen LogP contribution in [-0.2, 0) is 13.0 Å². The molecule has 22 heavy (non-hydrogen) atoms. The van der Waals surface area contributed by atoms with E-state index in [1.54, 1.807) is 0 Å². The lowest BCUT2D eigenvalue weighted by Crippen LogP contribution is -2.28. The van der Waals surface area contributed by atoms with E-state index in [9.17, 15) is 0 Å². The van der Waals surface area contributed by atoms with Gasteiger partial charge in [0.15, 0.2) is 0 Å². The summed E-state index contributed by atoms with van der Waals surface area (Å²) in [6, 6.07) is 7.97. The fourth-order valence-electron chi connectivity index (χ4n) is 2.58. The summed E-state index contributed by atoms with van der Waals surface area (Å²) in [5.74, 6) is 2.07. The third-order valence-electron chi connectivity index (χ3n) is 3.84. The molecule has 7 heteroatoms. The molecule has 1 fully saturated rings. The highest BCUT2D eigenvalue weighted by molar-refractivity contribution is 5.85. The summed E-state index contributed by atoms with van der Waals surface area (Å²) in [6.45, 7) is 2.73. The van der Waals surface area contributed by atoms with Gasteiger partial charge in [-0.3, -0.25) is 0 Å². The SMILES string of the molecule is Cl.Cl.NCc1ccc(-c2noc(CC3CCNCC3)n2)cc1. The molecule has 0 aliphatic carbocycles. The van der Waals surface area contributed by atoms with Crippen molar-refractivity contribution in [3.05, 3.63) is 35.7 Å². The molecule has 0 unspecified atom stereocenters. The Morgan fingerprint density at radius 3 is 2.45 bits per heavy atom. The third kappa shape index (κ3) is 4.68. The van der Waals surface area contributed by atoms with E-state index in [0.29, 0.717) is 18.3 Å². The minimum atomic E-state index is 0. The van der Waals surface area contributed by atoms with Crippen molar-refractivity contribution in [2.45, 2.75) is 25.8 Å². The van der Waals surface area contributed by atoms with Gasteiger partial charge in [0.2, 0.25) is 11.7 Å². The number of piperidine rings is 1. The van der Waals surface area contributed by atoms with Crippen LogP contribution in [-0.4, -0.2) is 23.2 Å². The average Bonchev–Trinajstić information content (AvgIpc) is 2.97. The second kappa shape index (κ2) is 9.10. The van der Waals surface area contributed by atoms with Crippen LogP contribution in [0.25, 0.3) is 11.4 Å². The molecule has 3 rings (SSSR count). The highest BCUT2D eigenvalue weighted by atomic mass is 35.5. The number of rotatable bonds is 4. The zero-order chi connectivity index (χ0) is 13.8. The molecule has 0 atom stereocenters. The molecule has 1 aromatic heterocycles. The third-order valence-corrected chi connectivity index (χ3v) is 3.84. The highest BCUT2D eigenvalue weighted by Gasteiger charge is 2.17. The van der Waals surface area contributed by atoms with Crippen molar-refractivity contribution in [3.8, 4) is 11.4 Å². The Morgan fingerprint density at radius 2 is 1.82 bits per heavy atom. The number of nitrogens with one attached hydrogen (secondary N) is 1. The predicted octanol–water partition coefficient (Wildman–Crippen LogP) is 2.58. The van der Waals surface area contributed by atoms with Crippen LogP contribution >= 0.6 is 24.8 Å². The molecule has 1 aromatic carbocycles. The van der Waals surface area contributed by atoms with Crippen molar-refractivity contribution in [3.63, 3.8) is 0 Å². The first-order valence-electron chi connectivity index (χ1n) is 7.18. The van der Waals surface area contributed by atoms with Crippen LogP contribution in [0.3, 0.4) is 0 Å². The Balaban J connectivity index is 0.00000121. The van der Waals surface area contributed by atoms with Crippen molar-refractivity contribution in [1.29, 1.82) is 0 Å². The Hall–Kier alpha value is -1.14. The van der Waals surface area contributed by atoms with Gasteiger partial charge in [0.25, 0.3) is 0 Å². The molecule has 0 spiro atoms. The number of halogens is 2. The summed E-state index contributed by atoms with van der Waals surface area (Å²) < 4.78 is 5.37. The molecule has 1 aliphatic heterocycles. The Bertz CT molecular complexity index is 553. The number of hydrogen-bond acceptors (Lipinski definition) is 5. The first-order valence-corrected chi connectivity index (χ1v) is 7.18. The van der Waals surface area contributed by atoms with Gasteiger partial charge >= 0.3 is 0 Å². The Kier molecular flexibility index (Phi) is 7.82. The fourth-order valence-corrected chi connectivity index (χ4v) is 2.58. The summed E-state index contributed by atoms with van der Waals surface area (Å²) in [5, 5.41) is 7.44. The Labute approximate surface area is 142 Å². The molecule has 0 amide bonds. The van der Waals surface area contributed by atoms with Crippen molar-refractivity contribution in [2.75, 3.05) is 13.1 Å². The fraction of sp³-hybridized carbons (Fsp3) is 0.467. The van der Waals surface area contributed by atoms with Crippen LogP contribution in [0.2, 0.25) is 0 Å². The Morgan fingerprint density at radius 1 is 1.14 bits per heavy atom. The van der Waals surface area contributed by atoms with Gasteiger partial charge in [-0.2, -0.15) is 4.98 Å². The van der Waals surface area contributed by atoms with Crippen molar-refractivity contribution < 1.29 is 4.52 Å². The first-order chi connectivity index (χ1) is 9.85.